The molecule has 86 valence electrons. The average Bonchev–Trinajstić information content (AvgIpc) is 3.11. The molecule has 0 heterocycles. The van der Waals surface area contributed by atoms with Crippen LogP contribution in [0.5, 0.6) is 0 Å². The molecule has 16 heavy (non-hydrogen) atoms. The second-order valence-electron chi connectivity index (χ2n) is 4.25. The second kappa shape index (κ2) is 4.23. The first-order chi connectivity index (χ1) is 7.59. The van der Waals surface area contributed by atoms with Crippen molar-refractivity contribution in [3.63, 3.8) is 0 Å². The molecule has 4 nitrogen and oxygen atoms in total. The van der Waals surface area contributed by atoms with Gasteiger partial charge in [0.1, 0.15) is 12.1 Å². The van der Waals surface area contributed by atoms with Crippen molar-refractivity contribution in [3.8, 4) is 0 Å². The van der Waals surface area contributed by atoms with Gasteiger partial charge < -0.3 is 15.9 Å². The van der Waals surface area contributed by atoms with Gasteiger partial charge in [-0.15, -0.1) is 0 Å². The van der Waals surface area contributed by atoms with Crippen molar-refractivity contribution in [2.45, 2.75) is 30.9 Å². The SMILES string of the molecule is NC(C(=O)O)C(O)c1ccc(C2CC2)cc1. The lowest BCUT2D eigenvalue weighted by molar-refractivity contribution is -0.141. The van der Waals surface area contributed by atoms with E-state index in [1.54, 1.807) is 12.1 Å². The molecule has 0 amide bonds. The van der Waals surface area contributed by atoms with Crippen molar-refractivity contribution in [3.05, 3.63) is 35.4 Å². The predicted molar refractivity (Wildman–Crippen MR) is 59.0 cm³/mol. The Labute approximate surface area is 93.7 Å². The van der Waals surface area contributed by atoms with E-state index in [2.05, 4.69) is 0 Å². The molecule has 4 heteroatoms. The molecule has 1 aromatic rings. The van der Waals surface area contributed by atoms with E-state index in [9.17, 15) is 9.90 Å². The molecular formula is C12H15NO3. The van der Waals surface area contributed by atoms with Crippen molar-refractivity contribution in [2.24, 2.45) is 5.73 Å². The number of hydrogen-bond acceptors (Lipinski definition) is 3. The number of rotatable bonds is 4. The molecule has 0 spiro atoms. The van der Waals surface area contributed by atoms with Crippen LogP contribution >= 0.6 is 0 Å². The van der Waals surface area contributed by atoms with Crippen LogP contribution in [-0.2, 0) is 4.79 Å². The van der Waals surface area contributed by atoms with Crippen LogP contribution in [0.4, 0.5) is 0 Å². The number of aliphatic carboxylic acids is 1. The van der Waals surface area contributed by atoms with E-state index in [4.69, 9.17) is 10.8 Å². The number of hydrogen-bond donors (Lipinski definition) is 3. The molecule has 1 fully saturated rings. The van der Waals surface area contributed by atoms with Gasteiger partial charge in [0.2, 0.25) is 0 Å². The Hall–Kier alpha value is -1.39. The van der Waals surface area contributed by atoms with Gasteiger partial charge in [-0.3, -0.25) is 4.79 Å². The van der Waals surface area contributed by atoms with E-state index in [-0.39, 0.29) is 0 Å². The summed E-state index contributed by atoms with van der Waals surface area (Å²) in [6, 6.07) is 6.10. The lowest BCUT2D eigenvalue weighted by Gasteiger charge is -2.15. The van der Waals surface area contributed by atoms with Crippen molar-refractivity contribution in [1.29, 1.82) is 0 Å². The summed E-state index contributed by atoms with van der Waals surface area (Å²) < 4.78 is 0. The molecule has 0 bridgehead atoms. The first kappa shape index (κ1) is 11.1. The molecule has 0 aromatic heterocycles. The van der Waals surface area contributed by atoms with Gasteiger partial charge in [0.05, 0.1) is 0 Å². The van der Waals surface area contributed by atoms with Gasteiger partial charge in [-0.1, -0.05) is 24.3 Å². The van der Waals surface area contributed by atoms with E-state index in [1.807, 2.05) is 12.1 Å². The van der Waals surface area contributed by atoms with Crippen LogP contribution in [0.1, 0.15) is 36.0 Å². The minimum absolute atomic E-state index is 0.555. The molecule has 0 saturated heterocycles. The molecule has 0 aliphatic heterocycles. The zero-order valence-electron chi connectivity index (χ0n) is 8.84. The molecule has 2 rings (SSSR count). The van der Waals surface area contributed by atoms with E-state index in [0.717, 1.165) is 0 Å². The highest BCUT2D eigenvalue weighted by Crippen LogP contribution is 2.40. The molecule has 4 N–H and O–H groups in total. The van der Waals surface area contributed by atoms with Gasteiger partial charge >= 0.3 is 5.97 Å². The molecule has 2 atom stereocenters. The first-order valence-electron chi connectivity index (χ1n) is 5.36. The standard InChI is InChI=1S/C12H15NO3/c13-10(12(15)16)11(14)9-5-3-8(4-6-9)7-1-2-7/h3-7,10-11,14H,1-2,13H2,(H,15,16). The maximum absolute atomic E-state index is 10.6. The Morgan fingerprint density at radius 2 is 1.88 bits per heavy atom. The van der Waals surface area contributed by atoms with Gasteiger partial charge in [0.15, 0.2) is 0 Å². The highest BCUT2D eigenvalue weighted by Gasteiger charge is 2.25. The molecule has 1 saturated carbocycles. The second-order valence-corrected chi connectivity index (χ2v) is 4.25. The normalized spacial score (nSPS) is 19.1. The van der Waals surface area contributed by atoms with Crippen LogP contribution in [0, 0.1) is 0 Å². The average molecular weight is 221 g/mol. The molecule has 1 aliphatic carbocycles. The number of carbonyl (C=O) groups is 1. The Morgan fingerprint density at radius 1 is 1.31 bits per heavy atom. The molecular weight excluding hydrogens is 206 g/mol. The van der Waals surface area contributed by atoms with Crippen molar-refractivity contribution in [1.82, 2.24) is 0 Å². The molecule has 0 radical (unpaired) electrons. The third kappa shape index (κ3) is 2.23. The topological polar surface area (TPSA) is 83.6 Å². The summed E-state index contributed by atoms with van der Waals surface area (Å²) in [5.74, 6) is -0.543. The van der Waals surface area contributed by atoms with Gasteiger partial charge in [-0.05, 0) is 29.9 Å². The Kier molecular flexibility index (Phi) is 2.94. The van der Waals surface area contributed by atoms with Gasteiger partial charge in [-0.2, -0.15) is 0 Å². The zero-order chi connectivity index (χ0) is 11.7. The van der Waals surface area contributed by atoms with Crippen molar-refractivity contribution < 1.29 is 15.0 Å². The highest BCUT2D eigenvalue weighted by molar-refractivity contribution is 5.74. The van der Waals surface area contributed by atoms with Crippen LogP contribution in [0.15, 0.2) is 24.3 Å². The van der Waals surface area contributed by atoms with E-state index >= 15 is 0 Å². The van der Waals surface area contributed by atoms with E-state index in [0.29, 0.717) is 11.5 Å². The number of benzene rings is 1. The number of nitrogens with two attached hydrogens (primary N) is 1. The number of carboxylic acid groups (broad SMARTS) is 1. The minimum atomic E-state index is -1.27. The Balaban J connectivity index is 2.11. The van der Waals surface area contributed by atoms with Crippen LogP contribution in [0.3, 0.4) is 0 Å². The Bertz CT molecular complexity index is 384. The summed E-state index contributed by atoms with van der Waals surface area (Å²) in [5.41, 5.74) is 7.16. The summed E-state index contributed by atoms with van der Waals surface area (Å²) >= 11 is 0. The fraction of sp³-hybridized carbons (Fsp3) is 0.417. The molecule has 1 aliphatic rings. The third-order valence-electron chi connectivity index (χ3n) is 2.95. The van der Waals surface area contributed by atoms with Crippen LogP contribution in [0.2, 0.25) is 0 Å². The van der Waals surface area contributed by atoms with Crippen molar-refractivity contribution in [2.75, 3.05) is 0 Å². The van der Waals surface area contributed by atoms with Crippen LogP contribution in [0.25, 0.3) is 0 Å². The smallest absolute Gasteiger partial charge is 0.323 e. The highest BCUT2D eigenvalue weighted by atomic mass is 16.4. The number of carboxylic acids is 1. The fourth-order valence-electron chi connectivity index (χ4n) is 1.72. The van der Waals surface area contributed by atoms with Crippen LogP contribution < -0.4 is 5.73 Å². The molecule has 2 unspecified atom stereocenters. The van der Waals surface area contributed by atoms with Crippen molar-refractivity contribution >= 4 is 5.97 Å². The third-order valence-corrected chi connectivity index (χ3v) is 2.95. The van der Waals surface area contributed by atoms with Crippen LogP contribution in [-0.4, -0.2) is 22.2 Å². The predicted octanol–water partition coefficient (Wildman–Crippen LogP) is 1.01. The first-order valence-corrected chi connectivity index (χ1v) is 5.36. The zero-order valence-corrected chi connectivity index (χ0v) is 8.84. The van der Waals surface area contributed by atoms with Gasteiger partial charge in [-0.25, -0.2) is 0 Å². The monoisotopic (exact) mass is 221 g/mol. The van der Waals surface area contributed by atoms with E-state index in [1.165, 1.54) is 18.4 Å². The summed E-state index contributed by atoms with van der Waals surface area (Å²) in [6.45, 7) is 0. The number of aliphatic hydroxyl groups excluding tert-OH is 1. The molecule has 1 aromatic carbocycles. The lowest BCUT2D eigenvalue weighted by atomic mass is 10.0. The fourth-order valence-corrected chi connectivity index (χ4v) is 1.72. The quantitative estimate of drug-likeness (QED) is 0.708. The maximum atomic E-state index is 10.6. The Morgan fingerprint density at radius 3 is 2.31 bits per heavy atom. The summed E-state index contributed by atoms with van der Waals surface area (Å²) in [7, 11) is 0. The minimum Gasteiger partial charge on any atom is -0.480 e. The largest absolute Gasteiger partial charge is 0.480 e. The van der Waals surface area contributed by atoms with Gasteiger partial charge in [0, 0.05) is 0 Å². The lowest BCUT2D eigenvalue weighted by Crippen LogP contribution is -2.36. The summed E-state index contributed by atoms with van der Waals surface area (Å²) in [4.78, 5) is 10.6. The summed E-state index contributed by atoms with van der Waals surface area (Å²) in [6.07, 6.45) is 1.29. The van der Waals surface area contributed by atoms with E-state index < -0.39 is 18.1 Å². The number of aliphatic hydroxyl groups is 1. The maximum Gasteiger partial charge on any atom is 0.323 e. The summed E-state index contributed by atoms with van der Waals surface area (Å²) in [5, 5.41) is 18.4. The van der Waals surface area contributed by atoms with Gasteiger partial charge in [0.25, 0.3) is 0 Å².